The van der Waals surface area contributed by atoms with Gasteiger partial charge in [-0.3, -0.25) is 0 Å². The molecule has 0 bridgehead atoms. The molecule has 206 valence electrons. The lowest BCUT2D eigenvalue weighted by molar-refractivity contribution is -0.0809. The topological polar surface area (TPSA) is 56.2 Å². The minimum Gasteiger partial charge on any atom is -0.504 e. The monoisotopic (exact) mass is 543 g/mol. The minimum absolute atomic E-state index is 0.000882. The molecule has 3 N–H and O–H groups in total. The molecule has 4 aliphatic rings. The largest absolute Gasteiger partial charge is 0.504 e. The number of aromatic nitrogens is 1. The number of phenolic OH excluding ortho intramolecular Hbond substituents is 2. The van der Waals surface area contributed by atoms with Crippen LogP contribution in [0, 0.1) is 35.5 Å². The molecular weight excluding hydrogens is 502 g/mol. The van der Waals surface area contributed by atoms with E-state index in [9.17, 15) is 10.2 Å². The standard InChI is InChI=1S/C35H42ClNO2/c1-19-8-10-33(3)12-13-35(5)25(26(33)14-19)9-11-34(4)27-17-29(38)32(39)20(2)31(27)23(16-30(34)35)24-18-37-28-7-6-21(36)15-22(24)28/h6-7,15-19,23,25-26,37-39H,8-14H2,1-5H3/t19-,23-,25?,26-,33+,34-,35-/m0/s1. The summed E-state index contributed by atoms with van der Waals surface area (Å²) >= 11 is 6.50. The maximum Gasteiger partial charge on any atom is 0.160 e. The van der Waals surface area contributed by atoms with Crippen LogP contribution in [0.1, 0.15) is 101 Å². The zero-order valence-corrected chi connectivity index (χ0v) is 24.8. The number of nitrogens with one attached hydrogen (secondary N) is 1. The van der Waals surface area contributed by atoms with Crippen LogP contribution in [0.5, 0.6) is 11.5 Å². The average Bonchev–Trinajstić information content (AvgIpc) is 3.31. The van der Waals surface area contributed by atoms with Crippen LogP contribution in [0.25, 0.3) is 10.9 Å². The van der Waals surface area contributed by atoms with E-state index in [0.717, 1.165) is 45.3 Å². The van der Waals surface area contributed by atoms with Crippen LogP contribution < -0.4 is 0 Å². The van der Waals surface area contributed by atoms with Gasteiger partial charge >= 0.3 is 0 Å². The number of hydrogen-bond donors (Lipinski definition) is 3. The molecule has 7 atom stereocenters. The predicted molar refractivity (Wildman–Crippen MR) is 160 cm³/mol. The number of halogens is 1. The highest BCUT2D eigenvalue weighted by atomic mass is 35.5. The smallest absolute Gasteiger partial charge is 0.160 e. The van der Waals surface area contributed by atoms with E-state index in [2.05, 4.69) is 51.0 Å². The van der Waals surface area contributed by atoms with Gasteiger partial charge < -0.3 is 15.2 Å². The molecule has 2 aromatic carbocycles. The van der Waals surface area contributed by atoms with Crippen molar-refractivity contribution in [3.05, 3.63) is 69.4 Å². The van der Waals surface area contributed by atoms with Crippen LogP contribution in [0.4, 0.5) is 0 Å². The van der Waals surface area contributed by atoms with Crippen molar-refractivity contribution < 1.29 is 10.2 Å². The summed E-state index contributed by atoms with van der Waals surface area (Å²) in [6.45, 7) is 12.0. The SMILES string of the molecule is Cc1c(O)c(O)cc2c1[C@H](c1c[nH]c3ccc(Cl)cc13)C=C1[C@@]2(C)CCC2[C@@H]3C[C@@H](C)CC[C@]3(C)CC[C@]12C. The van der Waals surface area contributed by atoms with Crippen molar-refractivity contribution >= 4 is 22.5 Å². The highest BCUT2D eigenvalue weighted by Gasteiger charge is 2.60. The molecule has 3 nitrogen and oxygen atoms in total. The Kier molecular flexibility index (Phi) is 5.45. The number of fused-ring (bicyclic) bond motifs is 8. The van der Waals surface area contributed by atoms with Crippen LogP contribution in [0.15, 0.2) is 42.1 Å². The van der Waals surface area contributed by atoms with Crippen molar-refractivity contribution in [1.29, 1.82) is 0 Å². The van der Waals surface area contributed by atoms with Crippen molar-refractivity contribution in [2.24, 2.45) is 28.6 Å². The maximum absolute atomic E-state index is 10.9. The van der Waals surface area contributed by atoms with Gasteiger partial charge in [-0.15, -0.1) is 0 Å². The van der Waals surface area contributed by atoms with E-state index >= 15 is 0 Å². The first-order valence-electron chi connectivity index (χ1n) is 15.0. The predicted octanol–water partition coefficient (Wildman–Crippen LogP) is 9.52. The van der Waals surface area contributed by atoms with E-state index in [1.165, 1.54) is 49.7 Å². The average molecular weight is 544 g/mol. The van der Waals surface area contributed by atoms with Gasteiger partial charge in [0.05, 0.1) is 0 Å². The Morgan fingerprint density at radius 2 is 1.77 bits per heavy atom. The van der Waals surface area contributed by atoms with Gasteiger partial charge in [-0.05, 0) is 121 Å². The van der Waals surface area contributed by atoms with Gasteiger partial charge in [0.1, 0.15) is 0 Å². The fraction of sp³-hybridized carbons (Fsp3) is 0.543. The Morgan fingerprint density at radius 1 is 0.974 bits per heavy atom. The van der Waals surface area contributed by atoms with Crippen molar-refractivity contribution in [3.63, 3.8) is 0 Å². The zero-order chi connectivity index (χ0) is 27.5. The summed E-state index contributed by atoms with van der Waals surface area (Å²) < 4.78 is 0. The van der Waals surface area contributed by atoms with E-state index in [4.69, 9.17) is 11.6 Å². The molecule has 0 saturated heterocycles. The lowest BCUT2D eigenvalue weighted by Crippen LogP contribution is -2.56. The summed E-state index contributed by atoms with van der Waals surface area (Å²) in [4.78, 5) is 3.48. The molecule has 4 heteroatoms. The molecular formula is C35H42ClNO2. The third-order valence-electron chi connectivity index (χ3n) is 12.3. The quantitative estimate of drug-likeness (QED) is 0.211. The lowest BCUT2D eigenvalue weighted by Gasteiger charge is -2.64. The second-order valence-corrected chi connectivity index (χ2v) is 14.8. The summed E-state index contributed by atoms with van der Waals surface area (Å²) in [5.41, 5.74) is 7.36. The van der Waals surface area contributed by atoms with Crippen molar-refractivity contribution in [2.75, 3.05) is 0 Å². The Balaban J connectivity index is 1.46. The van der Waals surface area contributed by atoms with Gasteiger partial charge in [0.25, 0.3) is 0 Å². The highest BCUT2D eigenvalue weighted by molar-refractivity contribution is 6.31. The van der Waals surface area contributed by atoms with E-state index < -0.39 is 0 Å². The summed E-state index contributed by atoms with van der Waals surface area (Å²) in [6, 6.07) is 7.93. The highest BCUT2D eigenvalue weighted by Crippen LogP contribution is 2.69. The maximum atomic E-state index is 10.9. The lowest BCUT2D eigenvalue weighted by atomic mass is 9.40. The number of allylic oxidation sites excluding steroid dienone is 2. The molecule has 7 rings (SSSR count). The summed E-state index contributed by atoms with van der Waals surface area (Å²) in [5.74, 6) is 2.25. The van der Waals surface area contributed by atoms with Gasteiger partial charge in [0.2, 0.25) is 0 Å². The van der Waals surface area contributed by atoms with Crippen molar-refractivity contribution in [3.8, 4) is 11.5 Å². The van der Waals surface area contributed by atoms with Crippen LogP contribution in [0.3, 0.4) is 0 Å². The normalized spacial score (nSPS) is 37.4. The molecule has 0 aliphatic heterocycles. The molecule has 0 spiro atoms. The Bertz CT molecular complexity index is 1540. The van der Waals surface area contributed by atoms with Gasteiger partial charge in [0.15, 0.2) is 11.5 Å². The Morgan fingerprint density at radius 3 is 2.56 bits per heavy atom. The van der Waals surface area contributed by atoms with E-state index in [1.807, 2.05) is 25.1 Å². The summed E-state index contributed by atoms with van der Waals surface area (Å²) in [5, 5.41) is 23.7. The van der Waals surface area contributed by atoms with Gasteiger partial charge in [-0.25, -0.2) is 0 Å². The van der Waals surface area contributed by atoms with Crippen molar-refractivity contribution in [1.82, 2.24) is 4.98 Å². The first kappa shape index (κ1) is 25.6. The van der Waals surface area contributed by atoms with Crippen LogP contribution in [-0.4, -0.2) is 15.2 Å². The number of aromatic amines is 1. The fourth-order valence-electron chi connectivity index (χ4n) is 9.98. The molecule has 4 aliphatic carbocycles. The fourth-order valence-corrected chi connectivity index (χ4v) is 10.2. The summed E-state index contributed by atoms with van der Waals surface area (Å²) in [7, 11) is 0. The minimum atomic E-state index is -0.162. The van der Waals surface area contributed by atoms with Gasteiger partial charge in [-0.2, -0.15) is 0 Å². The van der Waals surface area contributed by atoms with E-state index in [0.29, 0.717) is 11.3 Å². The van der Waals surface area contributed by atoms with Crippen molar-refractivity contribution in [2.45, 2.75) is 90.9 Å². The van der Waals surface area contributed by atoms with E-state index in [1.54, 1.807) is 5.57 Å². The number of phenols is 2. The van der Waals surface area contributed by atoms with Crippen LogP contribution >= 0.6 is 11.6 Å². The molecule has 0 amide bonds. The number of hydrogen-bond acceptors (Lipinski definition) is 2. The zero-order valence-electron chi connectivity index (χ0n) is 24.0. The number of benzene rings is 2. The first-order chi connectivity index (χ1) is 18.5. The number of aromatic hydroxyl groups is 2. The molecule has 39 heavy (non-hydrogen) atoms. The second-order valence-electron chi connectivity index (χ2n) is 14.4. The molecule has 3 aromatic rings. The molecule has 1 unspecified atom stereocenters. The molecule has 0 radical (unpaired) electrons. The third-order valence-corrected chi connectivity index (χ3v) is 12.5. The van der Waals surface area contributed by atoms with Gasteiger partial charge in [-0.1, -0.05) is 57.4 Å². The number of H-pyrrole nitrogens is 1. The third kappa shape index (κ3) is 3.41. The Hall–Kier alpha value is -2.39. The van der Waals surface area contributed by atoms with Crippen LogP contribution in [-0.2, 0) is 5.41 Å². The number of rotatable bonds is 1. The molecule has 3 saturated carbocycles. The molecule has 3 fully saturated rings. The first-order valence-corrected chi connectivity index (χ1v) is 15.4. The van der Waals surface area contributed by atoms with E-state index in [-0.39, 0.29) is 28.2 Å². The van der Waals surface area contributed by atoms with Gasteiger partial charge in [0, 0.05) is 33.5 Å². The Labute approximate surface area is 237 Å². The van der Waals surface area contributed by atoms with Crippen LogP contribution in [0.2, 0.25) is 5.02 Å². The second kappa shape index (κ2) is 8.32. The molecule has 1 heterocycles. The summed E-state index contributed by atoms with van der Waals surface area (Å²) in [6.07, 6.45) is 13.6. The molecule has 1 aromatic heterocycles.